The van der Waals surface area contributed by atoms with Crippen LogP contribution < -0.4 is 0 Å². The molecule has 0 radical (unpaired) electrons. The minimum atomic E-state index is -3.48. The van der Waals surface area contributed by atoms with E-state index in [-0.39, 0.29) is 5.09 Å². The van der Waals surface area contributed by atoms with Crippen LogP contribution in [0, 0.1) is 5.92 Å². The molecule has 0 bridgehead atoms. The summed E-state index contributed by atoms with van der Waals surface area (Å²) in [4.78, 5) is 4.78. The van der Waals surface area contributed by atoms with Gasteiger partial charge in [0.05, 0.1) is 6.54 Å². The second kappa shape index (κ2) is 7.12. The van der Waals surface area contributed by atoms with Crippen molar-refractivity contribution in [3.63, 3.8) is 0 Å². The predicted octanol–water partition coefficient (Wildman–Crippen LogP) is 1.30. The molecular weight excluding hydrogens is 302 g/mol. The largest absolute Gasteiger partial charge is 0.447 e. The fraction of sp³-hybridized carbons (Fsp3) is 0.733. The monoisotopic (exact) mass is 329 g/mol. The van der Waals surface area contributed by atoms with Gasteiger partial charge in [0.1, 0.15) is 5.76 Å². The lowest BCUT2D eigenvalue weighted by atomic mass is 10.2. The van der Waals surface area contributed by atoms with Crippen molar-refractivity contribution in [1.29, 1.82) is 0 Å². The van der Waals surface area contributed by atoms with Gasteiger partial charge in [-0.3, -0.25) is 4.90 Å². The van der Waals surface area contributed by atoms with Crippen LogP contribution in [-0.4, -0.2) is 69.3 Å². The Morgan fingerprint density at radius 3 is 2.27 bits per heavy atom. The highest BCUT2D eigenvalue weighted by Crippen LogP contribution is 2.18. The summed E-state index contributed by atoms with van der Waals surface area (Å²) in [6, 6.07) is 3.30. The molecule has 0 amide bonds. The maximum Gasteiger partial charge on any atom is 0.275 e. The first-order valence-corrected chi connectivity index (χ1v) is 9.19. The maximum atomic E-state index is 12.0. The topological polar surface area (TPSA) is 57.0 Å². The minimum absolute atomic E-state index is 0.0194. The Morgan fingerprint density at radius 2 is 1.73 bits per heavy atom. The van der Waals surface area contributed by atoms with Gasteiger partial charge in [-0.2, -0.15) is 0 Å². The Kier molecular flexibility index (Phi) is 5.65. The Labute approximate surface area is 133 Å². The lowest BCUT2D eigenvalue weighted by Gasteiger charge is -2.35. The lowest BCUT2D eigenvalue weighted by Crippen LogP contribution is -2.46. The van der Waals surface area contributed by atoms with E-state index in [1.807, 2.05) is 0 Å². The number of hydrogen-bond donors (Lipinski definition) is 0. The molecule has 2 heterocycles. The third-order valence-corrected chi connectivity index (χ3v) is 5.53. The molecule has 7 heteroatoms. The molecule has 1 aliphatic rings. The molecule has 1 aromatic rings. The van der Waals surface area contributed by atoms with Crippen LogP contribution in [0.25, 0.3) is 0 Å². The molecule has 2 rings (SSSR count). The van der Waals surface area contributed by atoms with E-state index in [1.54, 1.807) is 12.1 Å². The van der Waals surface area contributed by atoms with Crippen LogP contribution in [0.1, 0.15) is 19.6 Å². The molecule has 1 aromatic heterocycles. The van der Waals surface area contributed by atoms with Crippen molar-refractivity contribution in [3.8, 4) is 0 Å². The van der Waals surface area contributed by atoms with E-state index in [4.69, 9.17) is 4.42 Å². The van der Waals surface area contributed by atoms with E-state index in [1.165, 1.54) is 18.4 Å². The van der Waals surface area contributed by atoms with Crippen molar-refractivity contribution in [3.05, 3.63) is 17.9 Å². The first-order chi connectivity index (χ1) is 10.3. The van der Waals surface area contributed by atoms with Gasteiger partial charge in [0, 0.05) is 46.8 Å². The van der Waals surface area contributed by atoms with Gasteiger partial charge in [-0.1, -0.05) is 13.8 Å². The molecule has 0 unspecified atom stereocenters. The van der Waals surface area contributed by atoms with Crippen molar-refractivity contribution >= 4 is 10.0 Å². The fourth-order valence-corrected chi connectivity index (χ4v) is 3.44. The molecule has 22 heavy (non-hydrogen) atoms. The molecule has 6 nitrogen and oxygen atoms in total. The SMILES string of the molecule is CC(C)CN1CCN(Cc2ccc(S(=O)(=O)N(C)C)o2)CC1. The van der Waals surface area contributed by atoms with E-state index in [0.29, 0.717) is 18.2 Å². The number of rotatable bonds is 6. The summed E-state index contributed by atoms with van der Waals surface area (Å²) in [5, 5.41) is 0.0194. The van der Waals surface area contributed by atoms with Gasteiger partial charge in [0.25, 0.3) is 10.0 Å². The molecule has 0 aromatic carbocycles. The molecule has 126 valence electrons. The first kappa shape index (κ1) is 17.5. The summed E-state index contributed by atoms with van der Waals surface area (Å²) >= 11 is 0. The van der Waals surface area contributed by atoms with Crippen LogP contribution in [0.5, 0.6) is 0 Å². The average molecular weight is 329 g/mol. The number of sulfonamides is 1. The van der Waals surface area contributed by atoms with Crippen molar-refractivity contribution in [2.45, 2.75) is 25.5 Å². The van der Waals surface area contributed by atoms with Crippen molar-refractivity contribution in [2.24, 2.45) is 5.92 Å². The molecule has 0 N–H and O–H groups in total. The third kappa shape index (κ3) is 4.32. The zero-order chi connectivity index (χ0) is 16.3. The van der Waals surface area contributed by atoms with Gasteiger partial charge >= 0.3 is 0 Å². The first-order valence-electron chi connectivity index (χ1n) is 7.75. The van der Waals surface area contributed by atoms with Crippen molar-refractivity contribution < 1.29 is 12.8 Å². The van der Waals surface area contributed by atoms with E-state index in [2.05, 4.69) is 23.6 Å². The highest BCUT2D eigenvalue weighted by Gasteiger charge is 2.23. The zero-order valence-corrected chi connectivity index (χ0v) is 14.8. The summed E-state index contributed by atoms with van der Waals surface area (Å²) < 4.78 is 30.7. The van der Waals surface area contributed by atoms with Gasteiger partial charge in [-0.25, -0.2) is 12.7 Å². The Morgan fingerprint density at radius 1 is 1.14 bits per heavy atom. The van der Waals surface area contributed by atoms with E-state index >= 15 is 0 Å². The van der Waals surface area contributed by atoms with E-state index < -0.39 is 10.0 Å². The minimum Gasteiger partial charge on any atom is -0.447 e. The normalized spacial score (nSPS) is 18.5. The molecule has 0 aliphatic carbocycles. The van der Waals surface area contributed by atoms with Crippen LogP contribution in [0.2, 0.25) is 0 Å². The van der Waals surface area contributed by atoms with Gasteiger partial charge in [-0.15, -0.1) is 0 Å². The second-order valence-electron chi connectivity index (χ2n) is 6.48. The fourth-order valence-electron chi connectivity index (χ4n) is 2.63. The molecule has 0 saturated carbocycles. The molecule has 1 aliphatic heterocycles. The van der Waals surface area contributed by atoms with Gasteiger partial charge in [0.2, 0.25) is 5.09 Å². The average Bonchev–Trinajstić information content (AvgIpc) is 2.89. The van der Waals surface area contributed by atoms with Crippen LogP contribution in [0.3, 0.4) is 0 Å². The molecule has 1 saturated heterocycles. The van der Waals surface area contributed by atoms with Crippen LogP contribution in [-0.2, 0) is 16.6 Å². The highest BCUT2D eigenvalue weighted by molar-refractivity contribution is 7.88. The second-order valence-corrected chi connectivity index (χ2v) is 8.56. The Bertz CT molecular complexity index is 573. The summed E-state index contributed by atoms with van der Waals surface area (Å²) in [5.41, 5.74) is 0. The summed E-state index contributed by atoms with van der Waals surface area (Å²) in [5.74, 6) is 1.40. The summed E-state index contributed by atoms with van der Waals surface area (Å²) in [6.45, 7) is 10.4. The van der Waals surface area contributed by atoms with Crippen LogP contribution in [0.4, 0.5) is 0 Å². The Balaban J connectivity index is 1.90. The number of piperazine rings is 1. The Hall–Kier alpha value is -0.890. The standard InChI is InChI=1S/C15H27N3O3S/c1-13(2)11-17-7-9-18(10-8-17)12-14-5-6-15(21-14)22(19,20)16(3)4/h5-6,13H,7-12H2,1-4H3. The highest BCUT2D eigenvalue weighted by atomic mass is 32.2. The molecule has 0 spiro atoms. The van der Waals surface area contributed by atoms with Crippen molar-refractivity contribution in [2.75, 3.05) is 46.8 Å². The smallest absolute Gasteiger partial charge is 0.275 e. The van der Waals surface area contributed by atoms with E-state index in [9.17, 15) is 8.42 Å². The number of nitrogens with zero attached hydrogens (tertiary/aromatic N) is 3. The summed E-state index contributed by atoms with van der Waals surface area (Å²) in [6.07, 6.45) is 0. The van der Waals surface area contributed by atoms with Crippen LogP contribution >= 0.6 is 0 Å². The van der Waals surface area contributed by atoms with Gasteiger partial charge in [0.15, 0.2) is 0 Å². The third-order valence-electron chi connectivity index (χ3n) is 3.84. The van der Waals surface area contributed by atoms with E-state index in [0.717, 1.165) is 32.7 Å². The van der Waals surface area contributed by atoms with Crippen molar-refractivity contribution in [1.82, 2.24) is 14.1 Å². The molecule has 1 fully saturated rings. The van der Waals surface area contributed by atoms with Gasteiger partial charge in [-0.05, 0) is 18.1 Å². The van der Waals surface area contributed by atoms with Gasteiger partial charge < -0.3 is 9.32 Å². The quantitative estimate of drug-likeness (QED) is 0.787. The predicted molar refractivity (Wildman–Crippen MR) is 86.1 cm³/mol. The number of hydrogen-bond acceptors (Lipinski definition) is 5. The molecule has 0 atom stereocenters. The van der Waals surface area contributed by atoms with Crippen LogP contribution in [0.15, 0.2) is 21.6 Å². The number of furan rings is 1. The lowest BCUT2D eigenvalue weighted by molar-refractivity contribution is 0.110. The summed E-state index contributed by atoms with van der Waals surface area (Å²) in [7, 11) is -0.468. The maximum absolute atomic E-state index is 12.0. The zero-order valence-electron chi connectivity index (χ0n) is 13.9. The molecular formula is C15H27N3O3S.